The maximum Gasteiger partial charge on any atom is 0.314 e. The number of aliphatic carboxylic acids is 1. The Kier molecular flexibility index (Phi) is 5.47. The van der Waals surface area contributed by atoms with E-state index in [0.29, 0.717) is 0 Å². The van der Waals surface area contributed by atoms with E-state index in [2.05, 4.69) is 5.32 Å². The summed E-state index contributed by atoms with van der Waals surface area (Å²) in [5.41, 5.74) is 4.27. The molecule has 1 aliphatic carbocycles. The van der Waals surface area contributed by atoms with Gasteiger partial charge in [-0.2, -0.15) is 0 Å². The van der Waals surface area contributed by atoms with Crippen LogP contribution in [0.15, 0.2) is 48.6 Å². The molecule has 122 valence electrons. The molecule has 0 amide bonds. The Labute approximate surface area is 137 Å². The van der Waals surface area contributed by atoms with Crippen molar-refractivity contribution in [1.29, 1.82) is 5.41 Å². The maximum atomic E-state index is 11.2. The Morgan fingerprint density at radius 1 is 1.35 bits per heavy atom. The summed E-state index contributed by atoms with van der Waals surface area (Å²) in [4.78, 5) is 21.7. The SMILES string of the molecule is Cl.N=C(N)NC1(c2ccccc2[N+](=O)[O-])C=CC(C(=O)O)C=C1. The minimum Gasteiger partial charge on any atom is -0.481 e. The number of para-hydroxylation sites is 1. The summed E-state index contributed by atoms with van der Waals surface area (Å²) in [6, 6.07) is 6.02. The lowest BCUT2D eigenvalue weighted by atomic mass is 9.82. The van der Waals surface area contributed by atoms with E-state index in [0.717, 1.165) is 0 Å². The number of nitro benzene ring substituents is 1. The zero-order chi connectivity index (χ0) is 16.3. The van der Waals surface area contributed by atoms with Crippen molar-refractivity contribution in [3.05, 3.63) is 64.2 Å². The molecule has 1 aliphatic rings. The van der Waals surface area contributed by atoms with Gasteiger partial charge >= 0.3 is 5.97 Å². The number of nitro groups is 1. The van der Waals surface area contributed by atoms with Crippen molar-refractivity contribution in [2.24, 2.45) is 11.7 Å². The third-order valence-electron chi connectivity index (χ3n) is 3.31. The van der Waals surface area contributed by atoms with Gasteiger partial charge in [-0.15, -0.1) is 12.4 Å². The molecule has 0 saturated heterocycles. The van der Waals surface area contributed by atoms with Gasteiger partial charge in [-0.05, 0) is 6.07 Å². The number of carboxylic acid groups (broad SMARTS) is 1. The number of benzene rings is 1. The normalized spacial score (nSPS) is 22.0. The summed E-state index contributed by atoms with van der Waals surface area (Å²) in [6.07, 6.45) is 5.73. The fourth-order valence-corrected chi connectivity index (χ4v) is 2.33. The molecule has 0 saturated carbocycles. The van der Waals surface area contributed by atoms with Gasteiger partial charge in [0.25, 0.3) is 5.69 Å². The molecule has 9 heteroatoms. The van der Waals surface area contributed by atoms with E-state index in [1.165, 1.54) is 42.5 Å². The van der Waals surface area contributed by atoms with Crippen molar-refractivity contribution in [2.75, 3.05) is 0 Å². The number of hydrogen-bond donors (Lipinski definition) is 4. The van der Waals surface area contributed by atoms with Gasteiger partial charge in [0.1, 0.15) is 5.54 Å². The van der Waals surface area contributed by atoms with Crippen LogP contribution in [0.1, 0.15) is 5.56 Å². The predicted octanol–water partition coefficient (Wildman–Crippen LogP) is 1.52. The summed E-state index contributed by atoms with van der Waals surface area (Å²) in [6.45, 7) is 0. The molecule has 1 aromatic rings. The summed E-state index contributed by atoms with van der Waals surface area (Å²) in [7, 11) is 0. The van der Waals surface area contributed by atoms with Crippen LogP contribution in [0, 0.1) is 21.4 Å². The summed E-state index contributed by atoms with van der Waals surface area (Å²) >= 11 is 0. The van der Waals surface area contributed by atoms with Gasteiger partial charge in [-0.25, -0.2) is 0 Å². The number of nitrogens with one attached hydrogen (secondary N) is 2. The van der Waals surface area contributed by atoms with Crippen molar-refractivity contribution < 1.29 is 14.8 Å². The Balaban J connectivity index is 0.00000264. The van der Waals surface area contributed by atoms with Crippen LogP contribution in [-0.2, 0) is 10.3 Å². The monoisotopic (exact) mass is 338 g/mol. The molecular formula is C14H15ClN4O4. The molecule has 5 N–H and O–H groups in total. The van der Waals surface area contributed by atoms with Gasteiger partial charge in [-0.3, -0.25) is 20.3 Å². The van der Waals surface area contributed by atoms with Crippen LogP contribution in [0.4, 0.5) is 5.69 Å². The number of guanidine groups is 1. The highest BCUT2D eigenvalue weighted by Gasteiger charge is 2.36. The average Bonchev–Trinajstić information content (AvgIpc) is 2.47. The minimum absolute atomic E-state index is 0. The molecule has 23 heavy (non-hydrogen) atoms. The molecule has 0 heterocycles. The predicted molar refractivity (Wildman–Crippen MR) is 86.5 cm³/mol. The van der Waals surface area contributed by atoms with Crippen LogP contribution in [0.25, 0.3) is 0 Å². The molecule has 0 atom stereocenters. The van der Waals surface area contributed by atoms with E-state index in [4.69, 9.17) is 16.2 Å². The van der Waals surface area contributed by atoms with Gasteiger partial charge in [0.2, 0.25) is 0 Å². The average molecular weight is 339 g/mol. The highest BCUT2D eigenvalue weighted by Crippen LogP contribution is 2.35. The van der Waals surface area contributed by atoms with Crippen LogP contribution in [0.5, 0.6) is 0 Å². The molecule has 2 rings (SSSR count). The molecule has 0 fully saturated rings. The number of carbonyl (C=O) groups is 1. The van der Waals surface area contributed by atoms with E-state index in [1.807, 2.05) is 0 Å². The Morgan fingerprint density at radius 2 is 1.91 bits per heavy atom. The first-order valence-electron chi connectivity index (χ1n) is 6.33. The number of hydrogen-bond acceptors (Lipinski definition) is 4. The highest BCUT2D eigenvalue weighted by molar-refractivity contribution is 5.85. The van der Waals surface area contributed by atoms with Crippen molar-refractivity contribution in [1.82, 2.24) is 5.32 Å². The topological polar surface area (TPSA) is 142 Å². The van der Waals surface area contributed by atoms with E-state index in [-0.39, 0.29) is 29.6 Å². The number of halogens is 1. The van der Waals surface area contributed by atoms with Crippen molar-refractivity contribution in [3.63, 3.8) is 0 Å². The molecule has 0 spiro atoms. The second-order valence-corrected chi connectivity index (χ2v) is 4.76. The second-order valence-electron chi connectivity index (χ2n) is 4.76. The largest absolute Gasteiger partial charge is 0.481 e. The molecular weight excluding hydrogens is 324 g/mol. The molecule has 0 unspecified atom stereocenters. The van der Waals surface area contributed by atoms with E-state index < -0.39 is 22.3 Å². The van der Waals surface area contributed by atoms with Crippen LogP contribution >= 0.6 is 12.4 Å². The van der Waals surface area contributed by atoms with E-state index in [9.17, 15) is 14.9 Å². The van der Waals surface area contributed by atoms with Crippen LogP contribution in [0.3, 0.4) is 0 Å². The highest BCUT2D eigenvalue weighted by atomic mass is 35.5. The third-order valence-corrected chi connectivity index (χ3v) is 3.31. The molecule has 0 radical (unpaired) electrons. The summed E-state index contributed by atoms with van der Waals surface area (Å²) < 4.78 is 0. The van der Waals surface area contributed by atoms with E-state index in [1.54, 1.807) is 6.07 Å². The van der Waals surface area contributed by atoms with Crippen molar-refractivity contribution >= 4 is 30.0 Å². The molecule has 0 bridgehead atoms. The Bertz CT molecular complexity index is 688. The fourth-order valence-electron chi connectivity index (χ4n) is 2.33. The minimum atomic E-state index is -1.23. The summed E-state index contributed by atoms with van der Waals surface area (Å²) in [5.74, 6) is -2.25. The van der Waals surface area contributed by atoms with Gasteiger partial charge < -0.3 is 16.2 Å². The maximum absolute atomic E-state index is 11.2. The van der Waals surface area contributed by atoms with Gasteiger partial charge in [0.15, 0.2) is 5.96 Å². The van der Waals surface area contributed by atoms with Gasteiger partial charge in [0, 0.05) is 6.07 Å². The third kappa shape index (κ3) is 3.67. The second kappa shape index (κ2) is 6.93. The number of nitrogens with two attached hydrogens (primary N) is 1. The lowest BCUT2D eigenvalue weighted by molar-refractivity contribution is -0.385. The molecule has 8 nitrogen and oxygen atoms in total. The molecule has 0 aromatic heterocycles. The summed E-state index contributed by atoms with van der Waals surface area (Å²) in [5, 5.41) is 30.3. The van der Waals surface area contributed by atoms with Gasteiger partial charge in [0.05, 0.1) is 16.4 Å². The van der Waals surface area contributed by atoms with E-state index >= 15 is 0 Å². The van der Waals surface area contributed by atoms with Crippen molar-refractivity contribution in [3.8, 4) is 0 Å². The van der Waals surface area contributed by atoms with Crippen molar-refractivity contribution in [2.45, 2.75) is 5.54 Å². The van der Waals surface area contributed by atoms with Crippen LogP contribution in [-0.4, -0.2) is 22.0 Å². The zero-order valence-electron chi connectivity index (χ0n) is 11.8. The lowest BCUT2D eigenvalue weighted by Crippen LogP contribution is -2.47. The quantitative estimate of drug-likeness (QED) is 0.215. The lowest BCUT2D eigenvalue weighted by Gasteiger charge is -2.31. The Morgan fingerprint density at radius 3 is 2.39 bits per heavy atom. The first-order valence-corrected chi connectivity index (χ1v) is 6.33. The zero-order valence-corrected chi connectivity index (χ0v) is 12.6. The number of rotatable bonds is 4. The fraction of sp³-hybridized carbons (Fsp3) is 0.143. The molecule has 0 aliphatic heterocycles. The number of carboxylic acids is 1. The molecule has 1 aromatic carbocycles. The van der Waals surface area contributed by atoms with Crippen LogP contribution in [0.2, 0.25) is 0 Å². The standard InChI is InChI=1S/C14H14N4O4.ClH/c15-13(16)17-14(7-5-9(6-8-14)12(19)20)10-3-1-2-4-11(10)18(21)22;/h1-9H,(H,19,20)(H4,15,16,17);1H. The van der Waals surface area contributed by atoms with Gasteiger partial charge in [-0.1, -0.05) is 36.4 Å². The first kappa shape index (κ1) is 18.2. The smallest absolute Gasteiger partial charge is 0.314 e. The number of nitrogens with zero attached hydrogens (tertiary/aromatic N) is 1. The first-order chi connectivity index (χ1) is 10.4. The Hall–Kier alpha value is -2.87. The van der Waals surface area contributed by atoms with Crippen LogP contribution < -0.4 is 11.1 Å².